The summed E-state index contributed by atoms with van der Waals surface area (Å²) in [6, 6.07) is 7.23. The molecule has 1 aliphatic rings. The molecule has 1 aliphatic heterocycles. The van der Waals surface area contributed by atoms with Crippen molar-refractivity contribution in [2.45, 2.75) is 30.6 Å². The second-order valence-electron chi connectivity index (χ2n) is 5.33. The molecule has 0 unspecified atom stereocenters. The van der Waals surface area contributed by atoms with Gasteiger partial charge < -0.3 is 9.47 Å². The number of carbonyl (C=O) groups excluding carboxylic acids is 1. The Balaban J connectivity index is 1.99. The van der Waals surface area contributed by atoms with Crippen LogP contribution in [0.3, 0.4) is 0 Å². The molecular formula is C16H18N2O4S. The van der Waals surface area contributed by atoms with Crippen LogP contribution in [0.25, 0.3) is 10.9 Å². The predicted molar refractivity (Wildman–Crippen MR) is 87.7 cm³/mol. The number of para-hydroxylation sites is 1. The molecule has 23 heavy (non-hydrogen) atoms. The Kier molecular flexibility index (Phi) is 4.97. The maximum Gasteiger partial charge on any atom is 0.316 e. The summed E-state index contributed by atoms with van der Waals surface area (Å²) in [5.41, 5.74) is 0.534. The molecule has 1 saturated heterocycles. The predicted octanol–water partition coefficient (Wildman–Crippen LogP) is 1.84. The van der Waals surface area contributed by atoms with Crippen molar-refractivity contribution < 1.29 is 14.3 Å². The number of hydrogen-bond acceptors (Lipinski definition) is 6. The summed E-state index contributed by atoms with van der Waals surface area (Å²) in [4.78, 5) is 28.7. The van der Waals surface area contributed by atoms with E-state index in [0.717, 1.165) is 19.4 Å². The average Bonchev–Trinajstić information content (AvgIpc) is 3.08. The van der Waals surface area contributed by atoms with Gasteiger partial charge in [0.15, 0.2) is 5.16 Å². The first-order valence-corrected chi connectivity index (χ1v) is 8.48. The van der Waals surface area contributed by atoms with Gasteiger partial charge >= 0.3 is 5.97 Å². The molecule has 3 rings (SSSR count). The van der Waals surface area contributed by atoms with Crippen molar-refractivity contribution in [2.75, 3.05) is 19.5 Å². The molecule has 1 aromatic heterocycles. The summed E-state index contributed by atoms with van der Waals surface area (Å²) in [5, 5.41) is 1.10. The third-order valence-corrected chi connectivity index (χ3v) is 4.73. The fourth-order valence-electron chi connectivity index (χ4n) is 2.59. The quantitative estimate of drug-likeness (QED) is 0.472. The molecule has 0 N–H and O–H groups in total. The molecule has 1 aromatic carbocycles. The van der Waals surface area contributed by atoms with Gasteiger partial charge in [-0.05, 0) is 25.0 Å². The normalized spacial score (nSPS) is 17.5. The minimum absolute atomic E-state index is 0.0214. The SMILES string of the molecule is COC(=O)CSc1nc2ccccc2c(=O)n1C[C@H]1CCCO1. The molecule has 0 saturated carbocycles. The summed E-state index contributed by atoms with van der Waals surface area (Å²) < 4.78 is 11.9. The van der Waals surface area contributed by atoms with E-state index in [0.29, 0.717) is 22.6 Å². The molecule has 0 aliphatic carbocycles. The largest absolute Gasteiger partial charge is 0.468 e. The number of esters is 1. The van der Waals surface area contributed by atoms with E-state index in [4.69, 9.17) is 4.74 Å². The Morgan fingerprint density at radius 1 is 1.48 bits per heavy atom. The van der Waals surface area contributed by atoms with Gasteiger partial charge in [-0.15, -0.1) is 0 Å². The van der Waals surface area contributed by atoms with E-state index in [2.05, 4.69) is 9.72 Å². The molecule has 0 spiro atoms. The first kappa shape index (κ1) is 16.0. The van der Waals surface area contributed by atoms with Gasteiger partial charge in [-0.25, -0.2) is 4.98 Å². The highest BCUT2D eigenvalue weighted by molar-refractivity contribution is 7.99. The lowest BCUT2D eigenvalue weighted by atomic mass is 10.2. The molecule has 0 amide bonds. The fraction of sp³-hybridized carbons (Fsp3) is 0.438. The van der Waals surface area contributed by atoms with Crippen molar-refractivity contribution in [3.8, 4) is 0 Å². The van der Waals surface area contributed by atoms with Crippen molar-refractivity contribution >= 4 is 28.6 Å². The number of ether oxygens (including phenoxy) is 2. The van der Waals surface area contributed by atoms with Crippen LogP contribution in [0.1, 0.15) is 12.8 Å². The summed E-state index contributed by atoms with van der Waals surface area (Å²) in [5.74, 6) is -0.228. The fourth-order valence-corrected chi connectivity index (χ4v) is 3.43. The first-order valence-electron chi connectivity index (χ1n) is 7.50. The Morgan fingerprint density at radius 3 is 3.04 bits per heavy atom. The Labute approximate surface area is 137 Å². The number of benzene rings is 1. The van der Waals surface area contributed by atoms with E-state index in [1.807, 2.05) is 12.1 Å². The van der Waals surface area contributed by atoms with Gasteiger partial charge in [0, 0.05) is 6.61 Å². The maximum atomic E-state index is 12.8. The summed E-state index contributed by atoms with van der Waals surface area (Å²) in [7, 11) is 1.34. The maximum absolute atomic E-state index is 12.8. The van der Waals surface area contributed by atoms with Gasteiger partial charge in [0.25, 0.3) is 5.56 Å². The summed E-state index contributed by atoms with van der Waals surface area (Å²) >= 11 is 1.21. The minimum Gasteiger partial charge on any atom is -0.468 e. The molecule has 6 nitrogen and oxygen atoms in total. The Bertz CT molecular complexity index is 768. The van der Waals surface area contributed by atoms with Crippen molar-refractivity contribution in [3.05, 3.63) is 34.6 Å². The van der Waals surface area contributed by atoms with Crippen LogP contribution in [0.5, 0.6) is 0 Å². The van der Waals surface area contributed by atoms with Gasteiger partial charge in [-0.1, -0.05) is 23.9 Å². The van der Waals surface area contributed by atoms with Gasteiger partial charge in [0.2, 0.25) is 0 Å². The van der Waals surface area contributed by atoms with E-state index in [1.54, 1.807) is 16.7 Å². The van der Waals surface area contributed by atoms with E-state index < -0.39 is 0 Å². The van der Waals surface area contributed by atoms with E-state index in [-0.39, 0.29) is 23.4 Å². The second-order valence-corrected chi connectivity index (χ2v) is 6.27. The third-order valence-electron chi connectivity index (χ3n) is 3.78. The molecule has 0 bridgehead atoms. The zero-order chi connectivity index (χ0) is 16.2. The molecule has 1 atom stereocenters. The Hall–Kier alpha value is -1.86. The number of methoxy groups -OCH3 is 1. The van der Waals surface area contributed by atoms with Gasteiger partial charge in [0.1, 0.15) is 0 Å². The number of fused-ring (bicyclic) bond motifs is 1. The van der Waals surface area contributed by atoms with Crippen LogP contribution in [-0.2, 0) is 20.8 Å². The van der Waals surface area contributed by atoms with Gasteiger partial charge in [-0.3, -0.25) is 14.2 Å². The zero-order valence-electron chi connectivity index (χ0n) is 12.9. The van der Waals surface area contributed by atoms with Gasteiger partial charge in [0.05, 0.1) is 36.4 Å². The van der Waals surface area contributed by atoms with Crippen LogP contribution in [-0.4, -0.2) is 41.1 Å². The first-order chi connectivity index (χ1) is 11.2. The van der Waals surface area contributed by atoms with Crippen LogP contribution in [0.4, 0.5) is 0 Å². The second kappa shape index (κ2) is 7.14. The monoisotopic (exact) mass is 334 g/mol. The van der Waals surface area contributed by atoms with Crippen molar-refractivity contribution in [1.29, 1.82) is 0 Å². The lowest BCUT2D eigenvalue weighted by Gasteiger charge is -2.16. The zero-order valence-corrected chi connectivity index (χ0v) is 13.7. The van der Waals surface area contributed by atoms with Crippen molar-refractivity contribution in [1.82, 2.24) is 9.55 Å². The molecule has 122 valence electrons. The summed E-state index contributed by atoms with van der Waals surface area (Å²) in [6.45, 7) is 1.19. The number of rotatable bonds is 5. The van der Waals surface area contributed by atoms with Crippen LogP contribution < -0.4 is 5.56 Å². The highest BCUT2D eigenvalue weighted by atomic mass is 32.2. The van der Waals surface area contributed by atoms with Crippen LogP contribution in [0.15, 0.2) is 34.2 Å². The highest BCUT2D eigenvalue weighted by Gasteiger charge is 2.20. The van der Waals surface area contributed by atoms with Crippen molar-refractivity contribution in [3.63, 3.8) is 0 Å². The molecule has 2 heterocycles. The summed E-state index contributed by atoms with van der Waals surface area (Å²) in [6.07, 6.45) is 1.96. The van der Waals surface area contributed by atoms with Crippen LogP contribution in [0, 0.1) is 0 Å². The van der Waals surface area contributed by atoms with Crippen molar-refractivity contribution in [2.24, 2.45) is 0 Å². The molecule has 0 radical (unpaired) electrons. The minimum atomic E-state index is -0.346. The number of aromatic nitrogens is 2. The van der Waals surface area contributed by atoms with Gasteiger partial charge in [-0.2, -0.15) is 0 Å². The van der Waals surface area contributed by atoms with Crippen LogP contribution in [0.2, 0.25) is 0 Å². The number of nitrogens with zero attached hydrogens (tertiary/aromatic N) is 2. The molecule has 7 heteroatoms. The topological polar surface area (TPSA) is 70.4 Å². The lowest BCUT2D eigenvalue weighted by molar-refractivity contribution is -0.137. The third kappa shape index (κ3) is 3.56. The molecular weight excluding hydrogens is 316 g/mol. The standard InChI is InChI=1S/C16H18N2O4S/c1-21-14(19)10-23-16-17-13-7-3-2-6-12(13)15(20)18(16)9-11-5-4-8-22-11/h2-3,6-7,11H,4-5,8-10H2,1H3/t11-/m1/s1. The van der Waals surface area contributed by atoms with E-state index in [9.17, 15) is 9.59 Å². The number of hydrogen-bond donors (Lipinski definition) is 0. The average molecular weight is 334 g/mol. The molecule has 2 aromatic rings. The van der Waals surface area contributed by atoms with Crippen LogP contribution >= 0.6 is 11.8 Å². The smallest absolute Gasteiger partial charge is 0.316 e. The highest BCUT2D eigenvalue weighted by Crippen LogP contribution is 2.21. The van der Waals surface area contributed by atoms with E-state index in [1.165, 1.54) is 18.9 Å². The van der Waals surface area contributed by atoms with E-state index >= 15 is 0 Å². The number of thioether (sulfide) groups is 1. The number of carbonyl (C=O) groups is 1. The molecule has 1 fully saturated rings. The Morgan fingerprint density at radius 2 is 2.30 bits per heavy atom. The lowest BCUT2D eigenvalue weighted by Crippen LogP contribution is -2.29.